The van der Waals surface area contributed by atoms with Crippen molar-refractivity contribution in [3.63, 3.8) is 0 Å². The second kappa shape index (κ2) is 4.86. The second-order valence-corrected chi connectivity index (χ2v) is 5.76. The predicted molar refractivity (Wildman–Crippen MR) is 76.9 cm³/mol. The van der Waals surface area contributed by atoms with Gasteiger partial charge in [-0.3, -0.25) is 0 Å². The number of nitrogen functional groups attached to an aromatic ring is 1. The Bertz CT molecular complexity index is 776. The van der Waals surface area contributed by atoms with Crippen molar-refractivity contribution in [2.24, 2.45) is 0 Å². The summed E-state index contributed by atoms with van der Waals surface area (Å²) in [5, 5.41) is 0. The standard InChI is InChI=1S/C14H13F2N3S/c1-2-8-3-4-9(20-8)7-19-13-11(18-14(19)17)6-5-10(15)12(13)16/h3-6H,2,7H2,1H3,(H2,17,18). The molecule has 0 saturated carbocycles. The van der Waals surface area contributed by atoms with Gasteiger partial charge in [0, 0.05) is 9.75 Å². The van der Waals surface area contributed by atoms with Crippen LogP contribution < -0.4 is 5.73 Å². The van der Waals surface area contributed by atoms with Gasteiger partial charge < -0.3 is 10.3 Å². The Balaban J connectivity index is 2.10. The van der Waals surface area contributed by atoms with Crippen molar-refractivity contribution in [2.75, 3.05) is 5.73 Å². The van der Waals surface area contributed by atoms with E-state index in [0.29, 0.717) is 12.1 Å². The van der Waals surface area contributed by atoms with Gasteiger partial charge in [-0.15, -0.1) is 11.3 Å². The Kier molecular flexibility index (Phi) is 3.17. The molecule has 1 aromatic carbocycles. The third-order valence-corrected chi connectivity index (χ3v) is 4.42. The monoisotopic (exact) mass is 293 g/mol. The van der Waals surface area contributed by atoms with Crippen LogP contribution in [-0.2, 0) is 13.0 Å². The lowest BCUT2D eigenvalue weighted by Gasteiger charge is -2.05. The summed E-state index contributed by atoms with van der Waals surface area (Å²) in [5.74, 6) is -1.60. The van der Waals surface area contributed by atoms with E-state index in [9.17, 15) is 8.78 Å². The Labute approximate surface area is 118 Å². The molecule has 0 amide bonds. The SMILES string of the molecule is CCc1ccc(Cn2c(N)nc3ccc(F)c(F)c32)s1. The number of thiophene rings is 1. The number of nitrogens with two attached hydrogens (primary N) is 1. The van der Waals surface area contributed by atoms with Crippen molar-refractivity contribution in [1.82, 2.24) is 9.55 Å². The molecule has 2 N–H and O–H groups in total. The first-order chi connectivity index (χ1) is 9.60. The average Bonchev–Trinajstić information content (AvgIpc) is 3.00. The molecule has 0 aliphatic carbocycles. The third-order valence-electron chi connectivity index (χ3n) is 3.21. The fourth-order valence-corrected chi connectivity index (χ4v) is 3.14. The molecule has 3 nitrogen and oxygen atoms in total. The molecule has 0 aliphatic heterocycles. The number of hydrogen-bond donors (Lipinski definition) is 1. The Morgan fingerprint density at radius 2 is 1.95 bits per heavy atom. The lowest BCUT2D eigenvalue weighted by atomic mass is 10.3. The molecule has 0 bridgehead atoms. The van der Waals surface area contributed by atoms with E-state index in [1.165, 1.54) is 15.5 Å². The topological polar surface area (TPSA) is 43.8 Å². The maximum Gasteiger partial charge on any atom is 0.201 e. The highest BCUT2D eigenvalue weighted by Gasteiger charge is 2.16. The number of aryl methyl sites for hydroxylation is 1. The van der Waals surface area contributed by atoms with Crippen molar-refractivity contribution in [2.45, 2.75) is 19.9 Å². The molecule has 3 aromatic rings. The van der Waals surface area contributed by atoms with Crippen LogP contribution in [0.5, 0.6) is 0 Å². The molecule has 0 unspecified atom stereocenters. The van der Waals surface area contributed by atoms with Gasteiger partial charge in [-0.05, 0) is 30.7 Å². The minimum absolute atomic E-state index is 0.119. The molecule has 20 heavy (non-hydrogen) atoms. The molecule has 0 fully saturated rings. The lowest BCUT2D eigenvalue weighted by Crippen LogP contribution is -2.04. The second-order valence-electron chi connectivity index (χ2n) is 4.51. The Hall–Kier alpha value is -1.95. The van der Waals surface area contributed by atoms with Crippen LogP contribution in [0, 0.1) is 11.6 Å². The van der Waals surface area contributed by atoms with Crippen molar-refractivity contribution < 1.29 is 8.78 Å². The molecule has 2 heterocycles. The largest absolute Gasteiger partial charge is 0.369 e. The van der Waals surface area contributed by atoms with E-state index in [1.807, 2.05) is 12.1 Å². The van der Waals surface area contributed by atoms with E-state index >= 15 is 0 Å². The highest BCUT2D eigenvalue weighted by atomic mass is 32.1. The maximum absolute atomic E-state index is 14.0. The van der Waals surface area contributed by atoms with Gasteiger partial charge in [-0.25, -0.2) is 13.8 Å². The number of halogens is 2. The highest BCUT2D eigenvalue weighted by molar-refractivity contribution is 7.11. The summed E-state index contributed by atoms with van der Waals surface area (Å²) in [5.41, 5.74) is 6.32. The summed E-state index contributed by atoms with van der Waals surface area (Å²) in [6.07, 6.45) is 0.952. The molecular formula is C14H13F2N3S. The van der Waals surface area contributed by atoms with Crippen LogP contribution in [0.2, 0.25) is 0 Å². The summed E-state index contributed by atoms with van der Waals surface area (Å²) in [6.45, 7) is 2.47. The molecule has 0 atom stereocenters. The number of fused-ring (bicyclic) bond motifs is 1. The van der Waals surface area contributed by atoms with E-state index in [2.05, 4.69) is 11.9 Å². The molecule has 0 aliphatic rings. The van der Waals surface area contributed by atoms with Crippen LogP contribution in [0.3, 0.4) is 0 Å². The number of imidazole rings is 1. The van der Waals surface area contributed by atoms with Gasteiger partial charge in [0.05, 0.1) is 12.1 Å². The fraction of sp³-hybridized carbons (Fsp3) is 0.214. The Morgan fingerprint density at radius 1 is 1.20 bits per heavy atom. The average molecular weight is 293 g/mol. The Morgan fingerprint density at radius 3 is 2.65 bits per heavy atom. The number of rotatable bonds is 3. The summed E-state index contributed by atoms with van der Waals surface area (Å²) < 4.78 is 28.9. The fourth-order valence-electron chi connectivity index (χ4n) is 2.19. The normalized spacial score (nSPS) is 11.3. The molecule has 6 heteroatoms. The molecule has 3 rings (SSSR count). The van der Waals surface area contributed by atoms with Gasteiger partial charge in [0.2, 0.25) is 5.95 Å². The van der Waals surface area contributed by atoms with Crippen molar-refractivity contribution in [3.8, 4) is 0 Å². The van der Waals surface area contributed by atoms with Crippen molar-refractivity contribution in [3.05, 3.63) is 45.7 Å². The molecule has 0 spiro atoms. The molecule has 2 aromatic heterocycles. The smallest absolute Gasteiger partial charge is 0.201 e. The molecular weight excluding hydrogens is 280 g/mol. The van der Waals surface area contributed by atoms with Crippen LogP contribution in [0.25, 0.3) is 11.0 Å². The lowest BCUT2D eigenvalue weighted by molar-refractivity contribution is 0.512. The predicted octanol–water partition coefficient (Wildman–Crippen LogP) is 3.57. The number of aromatic nitrogens is 2. The summed E-state index contributed by atoms with van der Waals surface area (Å²) >= 11 is 1.64. The summed E-state index contributed by atoms with van der Waals surface area (Å²) in [7, 11) is 0. The van der Waals surface area contributed by atoms with Crippen LogP contribution in [0.4, 0.5) is 14.7 Å². The highest BCUT2D eigenvalue weighted by Crippen LogP contribution is 2.26. The van der Waals surface area contributed by atoms with E-state index < -0.39 is 11.6 Å². The summed E-state index contributed by atoms with van der Waals surface area (Å²) in [4.78, 5) is 6.36. The summed E-state index contributed by atoms with van der Waals surface area (Å²) in [6, 6.07) is 6.51. The van der Waals surface area contributed by atoms with Crippen LogP contribution >= 0.6 is 11.3 Å². The first kappa shape index (κ1) is 13.1. The van der Waals surface area contributed by atoms with Crippen LogP contribution in [-0.4, -0.2) is 9.55 Å². The van der Waals surface area contributed by atoms with Crippen molar-refractivity contribution in [1.29, 1.82) is 0 Å². The first-order valence-corrected chi connectivity index (χ1v) is 7.09. The van der Waals surface area contributed by atoms with E-state index in [4.69, 9.17) is 5.73 Å². The quantitative estimate of drug-likeness (QED) is 0.802. The van der Waals surface area contributed by atoms with Gasteiger partial charge in [0.15, 0.2) is 11.6 Å². The van der Waals surface area contributed by atoms with Crippen LogP contribution in [0.15, 0.2) is 24.3 Å². The van der Waals surface area contributed by atoms with Gasteiger partial charge in [-0.2, -0.15) is 0 Å². The molecule has 0 saturated heterocycles. The minimum Gasteiger partial charge on any atom is -0.369 e. The van der Waals surface area contributed by atoms with Crippen molar-refractivity contribution >= 4 is 28.3 Å². The van der Waals surface area contributed by atoms with Gasteiger partial charge >= 0.3 is 0 Å². The van der Waals surface area contributed by atoms with E-state index in [1.54, 1.807) is 11.3 Å². The van der Waals surface area contributed by atoms with Crippen LogP contribution in [0.1, 0.15) is 16.7 Å². The minimum atomic E-state index is -0.904. The number of hydrogen-bond acceptors (Lipinski definition) is 3. The maximum atomic E-state index is 14.0. The van der Waals surface area contributed by atoms with Gasteiger partial charge in [0.1, 0.15) is 5.52 Å². The zero-order valence-electron chi connectivity index (χ0n) is 10.9. The number of anilines is 1. The molecule has 104 valence electrons. The molecule has 0 radical (unpaired) electrons. The third kappa shape index (κ3) is 2.06. The first-order valence-electron chi connectivity index (χ1n) is 6.27. The van der Waals surface area contributed by atoms with E-state index in [0.717, 1.165) is 17.4 Å². The zero-order chi connectivity index (χ0) is 14.3. The van der Waals surface area contributed by atoms with Gasteiger partial charge in [-0.1, -0.05) is 6.92 Å². The van der Waals surface area contributed by atoms with Gasteiger partial charge in [0.25, 0.3) is 0 Å². The van der Waals surface area contributed by atoms with E-state index in [-0.39, 0.29) is 11.5 Å². The zero-order valence-corrected chi connectivity index (χ0v) is 11.7. The number of benzene rings is 1. The number of nitrogens with zero attached hydrogens (tertiary/aromatic N) is 2.